The van der Waals surface area contributed by atoms with Crippen molar-refractivity contribution in [1.29, 1.82) is 0 Å². The van der Waals surface area contributed by atoms with E-state index in [2.05, 4.69) is 20.8 Å². The first-order valence-electron chi connectivity index (χ1n) is 9.47. The van der Waals surface area contributed by atoms with Gasteiger partial charge in [-0.15, -0.1) is 0 Å². The first-order chi connectivity index (χ1) is 14.1. The lowest BCUT2D eigenvalue weighted by atomic mass is 9.87. The summed E-state index contributed by atoms with van der Waals surface area (Å²) in [5, 5.41) is 0. The maximum atomic E-state index is 12.7. The number of ether oxygens (including phenoxy) is 1. The van der Waals surface area contributed by atoms with E-state index < -0.39 is 30.3 Å². The lowest BCUT2D eigenvalue weighted by Crippen LogP contribution is -2.43. The van der Waals surface area contributed by atoms with Crippen LogP contribution in [0.1, 0.15) is 47.1 Å². The zero-order valence-corrected chi connectivity index (χ0v) is 16.8. The van der Waals surface area contributed by atoms with Crippen LogP contribution in [0, 0.1) is 0 Å². The van der Waals surface area contributed by atoms with Gasteiger partial charge in [0.25, 0.3) is 23.6 Å². The molecule has 7 heteroatoms. The first-order valence-corrected chi connectivity index (χ1v) is 9.47. The molecule has 0 bridgehead atoms. The van der Waals surface area contributed by atoms with E-state index in [0.29, 0.717) is 11.5 Å². The fourth-order valence-electron chi connectivity index (χ4n) is 3.33. The van der Waals surface area contributed by atoms with E-state index in [1.165, 1.54) is 17.7 Å². The van der Waals surface area contributed by atoms with Crippen molar-refractivity contribution >= 4 is 23.6 Å². The highest BCUT2D eigenvalue weighted by atomic mass is 16.5. The fourth-order valence-corrected chi connectivity index (χ4v) is 3.33. The van der Waals surface area contributed by atoms with Crippen LogP contribution in [0.3, 0.4) is 0 Å². The Morgan fingerprint density at radius 2 is 1.30 bits per heavy atom. The van der Waals surface area contributed by atoms with Crippen LogP contribution >= 0.6 is 0 Å². The second kappa shape index (κ2) is 6.95. The molecular weight excluding hydrogens is 384 g/mol. The predicted molar refractivity (Wildman–Crippen MR) is 108 cm³/mol. The number of carbonyl (C=O) groups excluding carboxylic acids is 4. The van der Waals surface area contributed by atoms with Crippen molar-refractivity contribution in [2.45, 2.75) is 26.2 Å². The van der Waals surface area contributed by atoms with Crippen molar-refractivity contribution in [3.63, 3.8) is 0 Å². The Morgan fingerprint density at radius 1 is 0.733 bits per heavy atom. The Morgan fingerprint density at radius 3 is 1.90 bits per heavy atom. The summed E-state index contributed by atoms with van der Waals surface area (Å²) in [5.74, 6) is -1.22. The van der Waals surface area contributed by atoms with Crippen molar-refractivity contribution in [2.24, 2.45) is 0 Å². The quantitative estimate of drug-likeness (QED) is 0.731. The smallest absolute Gasteiger partial charge is 0.263 e. The molecule has 0 saturated carbocycles. The standard InChI is InChI=1S/C23H20N2O5/c1-23(2,3)14-4-6-15(7-5-14)30-16-8-9-17-18(12-16)22(29)25(21(17)28)13-24-19(26)10-11-20(24)27/h4-12H,13H2,1-3H3. The molecule has 2 heterocycles. The van der Waals surface area contributed by atoms with E-state index in [1.54, 1.807) is 6.07 Å². The van der Waals surface area contributed by atoms with Gasteiger partial charge in [-0.3, -0.25) is 29.0 Å². The Kier molecular flexibility index (Phi) is 4.53. The summed E-state index contributed by atoms with van der Waals surface area (Å²) in [6.45, 7) is 5.95. The Labute approximate surface area is 173 Å². The molecule has 30 heavy (non-hydrogen) atoms. The van der Waals surface area contributed by atoms with Crippen molar-refractivity contribution in [3.8, 4) is 11.5 Å². The summed E-state index contributed by atoms with van der Waals surface area (Å²) < 4.78 is 5.85. The average molecular weight is 404 g/mol. The summed E-state index contributed by atoms with van der Waals surface area (Å²) in [6, 6.07) is 12.3. The van der Waals surface area contributed by atoms with Gasteiger partial charge in [-0.1, -0.05) is 32.9 Å². The molecule has 152 valence electrons. The van der Waals surface area contributed by atoms with Crippen LogP contribution in [0.15, 0.2) is 54.6 Å². The summed E-state index contributed by atoms with van der Waals surface area (Å²) in [7, 11) is 0. The number of hydrogen-bond acceptors (Lipinski definition) is 5. The van der Waals surface area contributed by atoms with Gasteiger partial charge in [0.1, 0.15) is 18.2 Å². The summed E-state index contributed by atoms with van der Waals surface area (Å²) >= 11 is 0. The maximum absolute atomic E-state index is 12.7. The van der Waals surface area contributed by atoms with Gasteiger partial charge in [0, 0.05) is 12.2 Å². The number of carbonyl (C=O) groups is 4. The summed E-state index contributed by atoms with van der Waals surface area (Å²) in [4.78, 5) is 50.6. The monoisotopic (exact) mass is 404 g/mol. The average Bonchev–Trinajstić information content (AvgIpc) is 3.13. The van der Waals surface area contributed by atoms with Gasteiger partial charge >= 0.3 is 0 Å². The van der Waals surface area contributed by atoms with Gasteiger partial charge in [-0.2, -0.15) is 0 Å². The number of amides is 4. The minimum Gasteiger partial charge on any atom is -0.457 e. The molecule has 0 N–H and O–H groups in total. The molecule has 0 aromatic heterocycles. The lowest BCUT2D eigenvalue weighted by molar-refractivity contribution is -0.138. The van der Waals surface area contributed by atoms with E-state index in [0.717, 1.165) is 22.0 Å². The molecule has 7 nitrogen and oxygen atoms in total. The minimum absolute atomic E-state index is 0.0238. The van der Waals surface area contributed by atoms with E-state index in [1.807, 2.05) is 24.3 Å². The number of rotatable bonds is 4. The van der Waals surface area contributed by atoms with Gasteiger partial charge in [-0.25, -0.2) is 0 Å². The molecule has 4 amide bonds. The Hall–Kier alpha value is -3.74. The topological polar surface area (TPSA) is 84.0 Å². The van der Waals surface area contributed by atoms with Crippen LogP contribution in [0.5, 0.6) is 11.5 Å². The van der Waals surface area contributed by atoms with Crippen molar-refractivity contribution in [3.05, 3.63) is 71.3 Å². The van der Waals surface area contributed by atoms with E-state index in [9.17, 15) is 19.2 Å². The molecule has 0 atom stereocenters. The molecule has 0 spiro atoms. The molecule has 2 aliphatic rings. The number of nitrogens with zero attached hydrogens (tertiary/aromatic N) is 2. The molecule has 0 aliphatic carbocycles. The third-order valence-corrected chi connectivity index (χ3v) is 5.08. The third-order valence-electron chi connectivity index (χ3n) is 5.08. The van der Waals surface area contributed by atoms with Crippen LogP contribution in [-0.2, 0) is 15.0 Å². The molecule has 2 aromatic carbocycles. The van der Waals surface area contributed by atoms with Gasteiger partial charge in [0.2, 0.25) is 0 Å². The molecule has 0 unspecified atom stereocenters. The van der Waals surface area contributed by atoms with Crippen LogP contribution in [0.4, 0.5) is 0 Å². The highest BCUT2D eigenvalue weighted by molar-refractivity contribution is 6.22. The zero-order chi connectivity index (χ0) is 21.6. The first kappa shape index (κ1) is 19.6. The number of fused-ring (bicyclic) bond motifs is 1. The molecule has 0 fully saturated rings. The normalized spacial score (nSPS) is 16.0. The van der Waals surface area contributed by atoms with Crippen LogP contribution in [0.25, 0.3) is 0 Å². The van der Waals surface area contributed by atoms with E-state index in [-0.39, 0.29) is 16.5 Å². The number of benzene rings is 2. The molecule has 0 saturated heterocycles. The van der Waals surface area contributed by atoms with Gasteiger partial charge < -0.3 is 4.74 Å². The Bertz CT molecular complexity index is 1090. The second-order valence-corrected chi connectivity index (χ2v) is 8.20. The predicted octanol–water partition coefficient (Wildman–Crippen LogP) is 3.25. The van der Waals surface area contributed by atoms with Gasteiger partial charge in [0.05, 0.1) is 11.1 Å². The molecule has 4 rings (SSSR count). The summed E-state index contributed by atoms with van der Waals surface area (Å²) in [6.07, 6.45) is 2.22. The molecule has 2 aliphatic heterocycles. The van der Waals surface area contributed by atoms with E-state index in [4.69, 9.17) is 4.74 Å². The highest BCUT2D eigenvalue weighted by Gasteiger charge is 2.39. The highest BCUT2D eigenvalue weighted by Crippen LogP contribution is 2.31. The van der Waals surface area contributed by atoms with Crippen molar-refractivity contribution in [1.82, 2.24) is 9.80 Å². The Balaban J connectivity index is 1.53. The molecule has 0 radical (unpaired) electrons. The van der Waals surface area contributed by atoms with Crippen LogP contribution in [-0.4, -0.2) is 40.1 Å². The number of hydrogen-bond donors (Lipinski definition) is 0. The molecular formula is C23H20N2O5. The largest absolute Gasteiger partial charge is 0.457 e. The van der Waals surface area contributed by atoms with Gasteiger partial charge in [-0.05, 0) is 41.3 Å². The lowest BCUT2D eigenvalue weighted by Gasteiger charge is -2.20. The third kappa shape index (κ3) is 3.39. The van der Waals surface area contributed by atoms with Crippen LogP contribution in [0.2, 0.25) is 0 Å². The van der Waals surface area contributed by atoms with Crippen molar-refractivity contribution < 1.29 is 23.9 Å². The van der Waals surface area contributed by atoms with E-state index >= 15 is 0 Å². The second-order valence-electron chi connectivity index (χ2n) is 8.20. The van der Waals surface area contributed by atoms with Gasteiger partial charge in [0.15, 0.2) is 0 Å². The minimum atomic E-state index is -0.573. The maximum Gasteiger partial charge on any atom is 0.263 e. The molecule has 2 aromatic rings. The van der Waals surface area contributed by atoms with Crippen LogP contribution < -0.4 is 4.74 Å². The fraction of sp³-hybridized carbons (Fsp3) is 0.217. The SMILES string of the molecule is CC(C)(C)c1ccc(Oc2ccc3c(c2)C(=O)N(CN2C(=O)C=CC2=O)C3=O)cc1. The number of imide groups is 2. The zero-order valence-electron chi connectivity index (χ0n) is 16.8. The summed E-state index contributed by atoms with van der Waals surface area (Å²) in [5.41, 5.74) is 1.58. The van der Waals surface area contributed by atoms with Crippen molar-refractivity contribution in [2.75, 3.05) is 6.67 Å².